The molecule has 1 unspecified atom stereocenters. The summed E-state index contributed by atoms with van der Waals surface area (Å²) in [6.45, 7) is 2.06. The zero-order valence-electron chi connectivity index (χ0n) is 15.8. The summed E-state index contributed by atoms with van der Waals surface area (Å²) in [6, 6.07) is 0. The minimum atomic E-state index is -0.789. The van der Waals surface area contributed by atoms with Gasteiger partial charge in [0.2, 0.25) is 0 Å². The van der Waals surface area contributed by atoms with Crippen LogP contribution < -0.4 is 5.32 Å². The lowest BCUT2D eigenvalue weighted by atomic mass is 9.99. The largest absolute Gasteiger partial charge is 0.501 e. The van der Waals surface area contributed by atoms with Crippen LogP contribution in [-0.2, 0) is 14.3 Å². The molecule has 27 heavy (non-hydrogen) atoms. The van der Waals surface area contributed by atoms with Crippen molar-refractivity contribution in [3.05, 3.63) is 47.5 Å². The van der Waals surface area contributed by atoms with Crippen molar-refractivity contribution in [3.63, 3.8) is 0 Å². The Labute approximate surface area is 164 Å². The molecule has 0 spiro atoms. The van der Waals surface area contributed by atoms with Gasteiger partial charge in [0.05, 0.1) is 23.9 Å². The molecular formula is C20H27NO5S. The normalized spacial score (nSPS) is 23.1. The lowest BCUT2D eigenvalue weighted by molar-refractivity contribution is -0.121. The predicted octanol–water partition coefficient (Wildman–Crippen LogP) is 3.60. The van der Waals surface area contributed by atoms with Crippen LogP contribution >= 0.6 is 11.8 Å². The van der Waals surface area contributed by atoms with E-state index < -0.39 is 6.23 Å². The van der Waals surface area contributed by atoms with E-state index in [2.05, 4.69) is 5.32 Å². The molecule has 0 saturated carbocycles. The highest BCUT2D eigenvalue weighted by molar-refractivity contribution is 8.14. The predicted molar refractivity (Wildman–Crippen MR) is 106 cm³/mol. The van der Waals surface area contributed by atoms with Gasteiger partial charge in [0.25, 0.3) is 5.24 Å². The minimum absolute atomic E-state index is 0.0147. The van der Waals surface area contributed by atoms with Crippen LogP contribution in [0.1, 0.15) is 39.0 Å². The van der Waals surface area contributed by atoms with Crippen molar-refractivity contribution in [1.82, 2.24) is 5.32 Å². The number of nitrogens with one attached hydrogen (secondary N) is 1. The third-order valence-electron chi connectivity index (χ3n) is 4.33. The highest BCUT2D eigenvalue weighted by Gasteiger charge is 2.32. The number of hydrogen-bond acceptors (Lipinski definition) is 6. The van der Waals surface area contributed by atoms with Gasteiger partial charge in [0.1, 0.15) is 12.8 Å². The second kappa shape index (κ2) is 11.0. The van der Waals surface area contributed by atoms with Crippen LogP contribution in [0, 0.1) is 0 Å². The maximum Gasteiger partial charge on any atom is 0.281 e. The summed E-state index contributed by atoms with van der Waals surface area (Å²) in [7, 11) is 1.63. The van der Waals surface area contributed by atoms with Gasteiger partial charge in [0, 0.05) is 19.3 Å². The van der Waals surface area contributed by atoms with Crippen LogP contribution in [0.25, 0.3) is 0 Å². The van der Waals surface area contributed by atoms with E-state index >= 15 is 0 Å². The Hall–Kier alpha value is -1.99. The molecule has 2 rings (SSSR count). The first-order valence-electron chi connectivity index (χ1n) is 9.09. The Kier molecular flexibility index (Phi) is 8.67. The Morgan fingerprint density at radius 3 is 2.81 bits per heavy atom. The molecular weight excluding hydrogens is 366 g/mol. The molecule has 0 aromatic rings. The van der Waals surface area contributed by atoms with Crippen LogP contribution in [0.15, 0.2) is 47.5 Å². The summed E-state index contributed by atoms with van der Waals surface area (Å²) in [6.07, 6.45) is 11.8. The van der Waals surface area contributed by atoms with Crippen LogP contribution in [-0.4, -0.2) is 41.3 Å². The smallest absolute Gasteiger partial charge is 0.281 e. The van der Waals surface area contributed by atoms with E-state index in [-0.39, 0.29) is 22.9 Å². The first-order chi connectivity index (χ1) is 13.0. The highest BCUT2D eigenvalue weighted by atomic mass is 32.2. The van der Waals surface area contributed by atoms with E-state index in [0.29, 0.717) is 12.8 Å². The summed E-state index contributed by atoms with van der Waals surface area (Å²) in [4.78, 5) is 23.1. The third-order valence-corrected chi connectivity index (χ3v) is 5.39. The van der Waals surface area contributed by atoms with Crippen LogP contribution in [0.5, 0.6) is 0 Å². The molecule has 0 radical (unpaired) electrons. The van der Waals surface area contributed by atoms with Crippen LogP contribution in [0.4, 0.5) is 4.79 Å². The molecule has 148 valence electrons. The summed E-state index contributed by atoms with van der Waals surface area (Å²) in [5, 5.41) is 11.9. The molecule has 2 atom stereocenters. The molecule has 1 saturated heterocycles. The number of carbonyl (C=O) groups is 2. The van der Waals surface area contributed by atoms with Gasteiger partial charge in [-0.25, -0.2) is 0 Å². The van der Waals surface area contributed by atoms with Gasteiger partial charge in [-0.3, -0.25) is 9.59 Å². The molecule has 0 bridgehead atoms. The highest BCUT2D eigenvalue weighted by Crippen LogP contribution is 2.31. The summed E-state index contributed by atoms with van der Waals surface area (Å²) in [5.74, 6) is 1.67. The van der Waals surface area contributed by atoms with E-state index in [9.17, 15) is 14.7 Å². The van der Waals surface area contributed by atoms with Crippen molar-refractivity contribution in [2.45, 2.75) is 50.5 Å². The van der Waals surface area contributed by atoms with Crippen molar-refractivity contribution in [3.8, 4) is 0 Å². The molecule has 1 aliphatic heterocycles. The zero-order valence-corrected chi connectivity index (χ0v) is 16.6. The van der Waals surface area contributed by atoms with Gasteiger partial charge in [-0.2, -0.15) is 0 Å². The quantitative estimate of drug-likeness (QED) is 0.436. The average molecular weight is 394 g/mol. The lowest BCUT2D eigenvalue weighted by Gasteiger charge is -2.18. The number of ketones is 1. The Morgan fingerprint density at radius 2 is 2.22 bits per heavy atom. The number of allylic oxidation sites excluding steroid dienone is 8. The van der Waals surface area contributed by atoms with Crippen LogP contribution in [0.2, 0.25) is 0 Å². The van der Waals surface area contributed by atoms with Crippen molar-refractivity contribution >= 4 is 22.8 Å². The molecule has 2 aliphatic rings. The Balaban J connectivity index is 1.72. The summed E-state index contributed by atoms with van der Waals surface area (Å²) in [5.41, 5.74) is 1.17. The SMILES string of the molecule is CC/C(=C\C=C/CC(=O)COC1=CC=C(C[C@@H]2SC(=O)NC2O)CC1)OC. The molecule has 1 fully saturated rings. The van der Waals surface area contributed by atoms with E-state index in [1.165, 1.54) is 5.57 Å². The number of methoxy groups -OCH3 is 1. The number of rotatable bonds is 10. The number of aliphatic hydroxyl groups excluding tert-OH is 1. The summed E-state index contributed by atoms with van der Waals surface area (Å²) < 4.78 is 10.7. The van der Waals surface area contributed by atoms with Crippen molar-refractivity contribution in [2.24, 2.45) is 0 Å². The molecule has 6 nitrogen and oxygen atoms in total. The summed E-state index contributed by atoms with van der Waals surface area (Å²) >= 11 is 1.14. The Bertz CT molecular complexity index is 659. The van der Waals surface area contributed by atoms with E-state index in [4.69, 9.17) is 9.47 Å². The standard InChI is InChI=1S/C20H27NO5S/c1-3-16(25-2)7-5-4-6-15(22)13-26-17-10-8-14(9-11-17)12-18-19(23)21-20(24)27-18/h4-5,7-8,10,18-19,23H,3,6,9,11-13H2,1-2H3,(H,21,24)/b5-4-,16-7+/t18-,19?/m0/s1. The molecule has 7 heteroatoms. The maximum atomic E-state index is 11.9. The fourth-order valence-corrected chi connectivity index (χ4v) is 3.71. The zero-order chi connectivity index (χ0) is 19.6. The molecule has 0 aromatic heterocycles. The first kappa shape index (κ1) is 21.3. The Morgan fingerprint density at radius 1 is 1.41 bits per heavy atom. The van der Waals surface area contributed by atoms with E-state index in [1.54, 1.807) is 13.2 Å². The molecule has 1 aliphatic carbocycles. The number of aliphatic hydroxyl groups is 1. The number of thioether (sulfide) groups is 1. The third kappa shape index (κ3) is 7.27. The van der Waals surface area contributed by atoms with Crippen LogP contribution in [0.3, 0.4) is 0 Å². The second-order valence-corrected chi connectivity index (χ2v) is 7.56. The topological polar surface area (TPSA) is 84.9 Å². The molecule has 2 N–H and O–H groups in total. The van der Waals surface area contributed by atoms with Gasteiger partial charge < -0.3 is 19.9 Å². The fraction of sp³-hybridized carbons (Fsp3) is 0.500. The number of ether oxygens (including phenoxy) is 2. The molecule has 0 aromatic carbocycles. The monoisotopic (exact) mass is 393 g/mol. The van der Waals surface area contributed by atoms with Gasteiger partial charge in [-0.15, -0.1) is 0 Å². The van der Waals surface area contributed by atoms with Gasteiger partial charge in [0.15, 0.2) is 5.78 Å². The maximum absolute atomic E-state index is 11.9. The van der Waals surface area contributed by atoms with Gasteiger partial charge >= 0.3 is 0 Å². The minimum Gasteiger partial charge on any atom is -0.501 e. The average Bonchev–Trinajstić information content (AvgIpc) is 2.98. The fourth-order valence-electron chi connectivity index (χ4n) is 2.75. The van der Waals surface area contributed by atoms with Gasteiger partial charge in [-0.05, 0) is 25.0 Å². The number of carbonyl (C=O) groups excluding carboxylic acids is 2. The van der Waals surface area contributed by atoms with E-state index in [0.717, 1.165) is 42.5 Å². The van der Waals surface area contributed by atoms with Crippen molar-refractivity contribution in [1.29, 1.82) is 0 Å². The number of amides is 1. The van der Waals surface area contributed by atoms with Gasteiger partial charge in [-0.1, -0.05) is 42.5 Å². The van der Waals surface area contributed by atoms with Crippen molar-refractivity contribution < 1.29 is 24.2 Å². The lowest BCUT2D eigenvalue weighted by Crippen LogP contribution is -2.30. The number of hydrogen-bond donors (Lipinski definition) is 2. The number of Topliss-reactive ketones (excluding diaryl/α,β-unsaturated/α-hetero) is 1. The molecule has 1 amide bonds. The second-order valence-electron chi connectivity index (χ2n) is 6.35. The van der Waals surface area contributed by atoms with E-state index in [1.807, 2.05) is 31.2 Å². The van der Waals surface area contributed by atoms with Crippen molar-refractivity contribution in [2.75, 3.05) is 13.7 Å². The first-order valence-corrected chi connectivity index (χ1v) is 9.97. The molecule has 1 heterocycles.